The molecule has 2 heterocycles. The largest absolute Gasteiger partial charge is 0.477 e. The number of nitrogens with zero attached hydrogens (tertiary/aromatic N) is 2. The third-order valence-electron chi connectivity index (χ3n) is 5.66. The van der Waals surface area contributed by atoms with Gasteiger partial charge in [0, 0.05) is 31.9 Å². The minimum atomic E-state index is -1.34. The lowest BCUT2D eigenvalue weighted by molar-refractivity contribution is 0.0695. The number of aromatic nitrogens is 1. The first-order valence-electron chi connectivity index (χ1n) is 9.74. The van der Waals surface area contributed by atoms with Crippen molar-refractivity contribution in [2.75, 3.05) is 37.8 Å². The Hall–Kier alpha value is -2.19. The van der Waals surface area contributed by atoms with E-state index in [0.29, 0.717) is 31.7 Å². The fourth-order valence-corrected chi connectivity index (χ4v) is 4.50. The van der Waals surface area contributed by atoms with Crippen LogP contribution >= 0.6 is 11.6 Å². The van der Waals surface area contributed by atoms with Crippen molar-refractivity contribution in [1.29, 1.82) is 0 Å². The van der Waals surface area contributed by atoms with Gasteiger partial charge in [-0.2, -0.15) is 0 Å². The number of aromatic carboxylic acids is 1. The fraction of sp³-hybridized carbons (Fsp3) is 0.500. The van der Waals surface area contributed by atoms with E-state index in [9.17, 15) is 19.1 Å². The normalized spacial score (nSPS) is 19.3. The van der Waals surface area contributed by atoms with Gasteiger partial charge < -0.3 is 19.9 Å². The van der Waals surface area contributed by atoms with E-state index in [-0.39, 0.29) is 33.6 Å². The summed E-state index contributed by atoms with van der Waals surface area (Å²) in [6, 6.07) is 1.17. The molecular formula is C20H22ClF2N3O3. The molecule has 9 heteroatoms. The van der Waals surface area contributed by atoms with E-state index in [4.69, 9.17) is 11.6 Å². The molecule has 0 spiro atoms. The highest BCUT2D eigenvalue weighted by Crippen LogP contribution is 2.42. The highest BCUT2D eigenvalue weighted by molar-refractivity contribution is 6.38. The number of benzene rings is 1. The molecule has 4 rings (SSSR count). The summed E-state index contributed by atoms with van der Waals surface area (Å²) < 4.78 is 29.0. The van der Waals surface area contributed by atoms with E-state index in [1.807, 2.05) is 4.90 Å². The number of halogens is 3. The minimum absolute atomic E-state index is 0.0107. The summed E-state index contributed by atoms with van der Waals surface area (Å²) in [4.78, 5) is 26.0. The minimum Gasteiger partial charge on any atom is -0.477 e. The van der Waals surface area contributed by atoms with Crippen LogP contribution in [0.5, 0.6) is 0 Å². The Kier molecular flexibility index (Phi) is 5.48. The number of carbonyl (C=O) groups is 1. The molecule has 1 saturated carbocycles. The first-order valence-corrected chi connectivity index (χ1v) is 10.1. The van der Waals surface area contributed by atoms with Gasteiger partial charge in [-0.15, -0.1) is 0 Å². The number of carboxylic acid groups (broad SMARTS) is 1. The fourth-order valence-electron chi connectivity index (χ4n) is 4.09. The third-order valence-corrected chi connectivity index (χ3v) is 6.02. The van der Waals surface area contributed by atoms with Crippen LogP contribution in [0.15, 0.2) is 17.1 Å². The van der Waals surface area contributed by atoms with Crippen LogP contribution in [-0.2, 0) is 0 Å². The molecule has 1 aliphatic carbocycles. The lowest BCUT2D eigenvalue weighted by atomic mass is 10.1. The number of fused-ring (bicyclic) bond motifs is 1. The van der Waals surface area contributed by atoms with Crippen LogP contribution in [-0.4, -0.2) is 48.5 Å². The average molecular weight is 426 g/mol. The molecule has 2 aliphatic rings. The maximum Gasteiger partial charge on any atom is 0.341 e. The summed E-state index contributed by atoms with van der Waals surface area (Å²) in [6.07, 6.45) is 3.85. The van der Waals surface area contributed by atoms with Gasteiger partial charge in [0.1, 0.15) is 18.1 Å². The van der Waals surface area contributed by atoms with Crippen molar-refractivity contribution in [3.05, 3.63) is 38.9 Å². The van der Waals surface area contributed by atoms with E-state index < -0.39 is 23.9 Å². The van der Waals surface area contributed by atoms with Gasteiger partial charge in [0.05, 0.1) is 21.6 Å². The first-order chi connectivity index (χ1) is 13.9. The SMILES string of the molecule is O=C(O)c1cn(C2CC2)c2c(Cl)c(N3CCC(CNCCF)C3)c(F)cc2c1=O. The number of rotatable bonds is 7. The topological polar surface area (TPSA) is 74.6 Å². The number of hydrogen-bond donors (Lipinski definition) is 2. The Morgan fingerprint density at radius 2 is 2.10 bits per heavy atom. The van der Waals surface area contributed by atoms with E-state index in [1.165, 1.54) is 6.20 Å². The lowest BCUT2D eigenvalue weighted by Crippen LogP contribution is -2.28. The standard InChI is InChI=1S/C20H22ClF2N3O3/c21-16-17-13(19(27)14(20(28)29)10-26(17)12-1-2-12)7-15(23)18(16)25-6-3-11(9-25)8-24-5-4-22/h7,10-12,24H,1-6,8-9H2,(H,28,29). The number of nitrogens with one attached hydrogen (secondary N) is 1. The maximum atomic E-state index is 15.0. The van der Waals surface area contributed by atoms with Crippen molar-refractivity contribution < 1.29 is 18.7 Å². The zero-order valence-corrected chi connectivity index (χ0v) is 16.5. The Bertz CT molecular complexity index is 1020. The Morgan fingerprint density at radius 1 is 1.34 bits per heavy atom. The second-order valence-electron chi connectivity index (χ2n) is 7.73. The summed E-state index contributed by atoms with van der Waals surface area (Å²) in [6.45, 7) is 1.68. The smallest absolute Gasteiger partial charge is 0.341 e. The van der Waals surface area contributed by atoms with Gasteiger partial charge in [0.15, 0.2) is 0 Å². The molecule has 2 aromatic rings. The van der Waals surface area contributed by atoms with E-state index in [2.05, 4.69) is 5.32 Å². The van der Waals surface area contributed by atoms with Gasteiger partial charge in [0.25, 0.3) is 0 Å². The van der Waals surface area contributed by atoms with Gasteiger partial charge in [-0.05, 0) is 37.8 Å². The van der Waals surface area contributed by atoms with Gasteiger partial charge in [0.2, 0.25) is 5.43 Å². The second-order valence-corrected chi connectivity index (χ2v) is 8.10. The van der Waals surface area contributed by atoms with Crippen molar-refractivity contribution in [2.24, 2.45) is 5.92 Å². The monoisotopic (exact) mass is 425 g/mol. The zero-order valence-electron chi connectivity index (χ0n) is 15.8. The first kappa shape index (κ1) is 20.1. The van der Waals surface area contributed by atoms with Gasteiger partial charge >= 0.3 is 5.97 Å². The van der Waals surface area contributed by atoms with Crippen molar-refractivity contribution in [3.8, 4) is 0 Å². The second kappa shape index (κ2) is 7.91. The molecule has 156 valence electrons. The molecule has 2 fully saturated rings. The number of carboxylic acids is 1. The van der Waals surface area contributed by atoms with Crippen LogP contribution in [0.4, 0.5) is 14.5 Å². The third kappa shape index (κ3) is 3.71. The predicted molar refractivity (Wildman–Crippen MR) is 108 cm³/mol. The number of pyridine rings is 1. The zero-order chi connectivity index (χ0) is 20.7. The average Bonchev–Trinajstić information content (AvgIpc) is 3.42. The van der Waals surface area contributed by atoms with Crippen molar-refractivity contribution in [1.82, 2.24) is 9.88 Å². The summed E-state index contributed by atoms with van der Waals surface area (Å²) in [5, 5.41) is 12.5. The van der Waals surface area contributed by atoms with Crippen LogP contribution in [0.25, 0.3) is 10.9 Å². The molecule has 1 aromatic carbocycles. The molecule has 1 unspecified atom stereocenters. The highest BCUT2D eigenvalue weighted by atomic mass is 35.5. The van der Waals surface area contributed by atoms with Crippen LogP contribution in [0, 0.1) is 11.7 Å². The quantitative estimate of drug-likeness (QED) is 0.666. The van der Waals surface area contributed by atoms with Crippen LogP contribution in [0.1, 0.15) is 35.7 Å². The molecular weight excluding hydrogens is 404 g/mol. The van der Waals surface area contributed by atoms with E-state index >= 15 is 4.39 Å². The maximum absolute atomic E-state index is 15.0. The number of anilines is 1. The van der Waals surface area contributed by atoms with Crippen molar-refractivity contribution in [3.63, 3.8) is 0 Å². The number of alkyl halides is 1. The van der Waals surface area contributed by atoms with Gasteiger partial charge in [-0.25, -0.2) is 13.6 Å². The molecule has 1 saturated heterocycles. The Morgan fingerprint density at radius 3 is 2.76 bits per heavy atom. The van der Waals surface area contributed by atoms with Crippen LogP contribution in [0.2, 0.25) is 5.02 Å². The number of hydrogen-bond acceptors (Lipinski definition) is 4. The molecule has 1 aliphatic heterocycles. The Labute approximate surface area is 171 Å². The van der Waals surface area contributed by atoms with Gasteiger partial charge in [-0.1, -0.05) is 11.6 Å². The molecule has 1 atom stereocenters. The molecule has 0 radical (unpaired) electrons. The molecule has 0 amide bonds. The van der Waals surface area contributed by atoms with Crippen molar-refractivity contribution in [2.45, 2.75) is 25.3 Å². The van der Waals surface area contributed by atoms with Gasteiger partial charge in [-0.3, -0.25) is 4.79 Å². The predicted octanol–water partition coefficient (Wildman–Crippen LogP) is 3.21. The summed E-state index contributed by atoms with van der Waals surface area (Å²) in [7, 11) is 0. The lowest BCUT2D eigenvalue weighted by Gasteiger charge is -2.23. The molecule has 6 nitrogen and oxygen atoms in total. The highest BCUT2D eigenvalue weighted by Gasteiger charge is 2.32. The molecule has 2 N–H and O–H groups in total. The van der Waals surface area contributed by atoms with Crippen molar-refractivity contribution >= 4 is 34.2 Å². The van der Waals surface area contributed by atoms with E-state index in [0.717, 1.165) is 25.3 Å². The van der Waals surface area contributed by atoms with Crippen LogP contribution in [0.3, 0.4) is 0 Å². The molecule has 1 aromatic heterocycles. The van der Waals surface area contributed by atoms with Crippen LogP contribution < -0.4 is 15.6 Å². The summed E-state index contributed by atoms with van der Waals surface area (Å²) >= 11 is 6.63. The summed E-state index contributed by atoms with van der Waals surface area (Å²) in [5.74, 6) is -1.73. The molecule has 29 heavy (non-hydrogen) atoms. The molecule has 0 bridgehead atoms. The summed E-state index contributed by atoms with van der Waals surface area (Å²) in [5.41, 5.74) is -0.483. The Balaban J connectivity index is 1.77. The van der Waals surface area contributed by atoms with E-state index in [1.54, 1.807) is 4.57 Å².